The van der Waals surface area contributed by atoms with Crippen LogP contribution in [0.5, 0.6) is 0 Å². The summed E-state index contributed by atoms with van der Waals surface area (Å²) in [5.74, 6) is 1.29. The quantitative estimate of drug-likeness (QED) is 0.375. The molecule has 3 aliphatic rings. The first-order chi connectivity index (χ1) is 13.7. The van der Waals surface area contributed by atoms with Gasteiger partial charge in [-0.2, -0.15) is 0 Å². The van der Waals surface area contributed by atoms with Gasteiger partial charge in [0.25, 0.3) is 0 Å². The lowest BCUT2D eigenvalue weighted by molar-refractivity contribution is -0.128. The molecule has 3 heterocycles. The zero-order valence-electron chi connectivity index (χ0n) is 17.4. The van der Waals surface area contributed by atoms with Crippen LogP contribution in [-0.2, 0) is 22.6 Å². The first kappa shape index (κ1) is 22.3. The molecular weight excluding hydrogens is 479 g/mol. The molecule has 3 saturated heterocycles. The van der Waals surface area contributed by atoms with Crippen LogP contribution < -0.4 is 5.32 Å². The minimum Gasteiger partial charge on any atom is -0.381 e. The van der Waals surface area contributed by atoms with E-state index in [1.165, 1.54) is 24.0 Å². The number of hydrogen-bond donors (Lipinski definition) is 1. The minimum absolute atomic E-state index is 0. The van der Waals surface area contributed by atoms with Crippen LogP contribution in [0.3, 0.4) is 0 Å². The van der Waals surface area contributed by atoms with Gasteiger partial charge >= 0.3 is 0 Å². The van der Waals surface area contributed by atoms with Crippen LogP contribution in [0.4, 0.5) is 0 Å². The second-order valence-corrected chi connectivity index (χ2v) is 8.38. The molecule has 6 nitrogen and oxygen atoms in total. The molecular formula is C22H33IN4O2. The third kappa shape index (κ3) is 5.42. The largest absolute Gasteiger partial charge is 0.381 e. The predicted molar refractivity (Wildman–Crippen MR) is 125 cm³/mol. The van der Waals surface area contributed by atoms with Crippen LogP contribution in [0.15, 0.2) is 29.3 Å². The van der Waals surface area contributed by atoms with Crippen LogP contribution in [0.1, 0.15) is 43.7 Å². The van der Waals surface area contributed by atoms with E-state index in [1.807, 2.05) is 4.90 Å². The van der Waals surface area contributed by atoms with Crippen molar-refractivity contribution in [2.24, 2.45) is 10.4 Å². The Bertz CT molecular complexity index is 716. The number of nitrogens with one attached hydrogen (secondary N) is 1. The average Bonchev–Trinajstić information content (AvgIpc) is 3.44. The Labute approximate surface area is 191 Å². The number of carbonyl (C=O) groups is 1. The van der Waals surface area contributed by atoms with E-state index in [2.05, 4.69) is 41.4 Å². The Balaban J connectivity index is 0.00000240. The molecule has 1 N–H and O–H groups in total. The monoisotopic (exact) mass is 512 g/mol. The van der Waals surface area contributed by atoms with Crippen molar-refractivity contribution >= 4 is 35.8 Å². The molecule has 1 atom stereocenters. The number of likely N-dealkylation sites (tertiary alicyclic amines) is 2. The van der Waals surface area contributed by atoms with Gasteiger partial charge in [0.1, 0.15) is 0 Å². The fourth-order valence-corrected chi connectivity index (χ4v) is 4.52. The number of nitrogens with zero attached hydrogens (tertiary/aromatic N) is 3. The van der Waals surface area contributed by atoms with Gasteiger partial charge in [0.2, 0.25) is 5.91 Å². The molecule has 4 rings (SSSR count). The highest BCUT2D eigenvalue weighted by molar-refractivity contribution is 14.0. The third-order valence-electron chi connectivity index (χ3n) is 6.24. The predicted octanol–water partition coefficient (Wildman–Crippen LogP) is 3.00. The fourth-order valence-electron chi connectivity index (χ4n) is 4.52. The van der Waals surface area contributed by atoms with Gasteiger partial charge in [0.15, 0.2) is 5.96 Å². The van der Waals surface area contributed by atoms with E-state index in [0.717, 1.165) is 58.3 Å². The van der Waals surface area contributed by atoms with Crippen molar-refractivity contribution in [2.75, 3.05) is 39.4 Å². The van der Waals surface area contributed by atoms with Crippen LogP contribution in [-0.4, -0.2) is 61.1 Å². The van der Waals surface area contributed by atoms with Crippen LogP contribution in [0.2, 0.25) is 0 Å². The summed E-state index contributed by atoms with van der Waals surface area (Å²) in [6.07, 6.45) is 4.05. The Hall–Kier alpha value is -1.35. The molecule has 3 fully saturated rings. The maximum absolute atomic E-state index is 11.8. The zero-order chi connectivity index (χ0) is 19.4. The molecule has 7 heteroatoms. The summed E-state index contributed by atoms with van der Waals surface area (Å²) in [7, 11) is 0. The van der Waals surface area contributed by atoms with Crippen molar-refractivity contribution in [2.45, 2.75) is 45.7 Å². The number of halogens is 1. The molecule has 1 amide bonds. The van der Waals surface area contributed by atoms with Crippen molar-refractivity contribution in [3.8, 4) is 0 Å². The van der Waals surface area contributed by atoms with E-state index in [9.17, 15) is 4.79 Å². The number of guanidine groups is 1. The van der Waals surface area contributed by atoms with Gasteiger partial charge in [0, 0.05) is 51.2 Å². The molecule has 1 unspecified atom stereocenters. The van der Waals surface area contributed by atoms with E-state index < -0.39 is 0 Å². The van der Waals surface area contributed by atoms with Gasteiger partial charge in [-0.05, 0) is 37.3 Å². The molecule has 0 aliphatic carbocycles. The van der Waals surface area contributed by atoms with E-state index in [1.54, 1.807) is 0 Å². The SMILES string of the molecule is CCNC(=NCc1ccc(CN2CCCC2=O)cc1)N1CCC2(CCOC2)C1.I. The maximum Gasteiger partial charge on any atom is 0.222 e. The van der Waals surface area contributed by atoms with Gasteiger partial charge in [0.05, 0.1) is 13.2 Å². The first-order valence-corrected chi connectivity index (χ1v) is 10.6. The summed E-state index contributed by atoms with van der Waals surface area (Å²) < 4.78 is 5.65. The summed E-state index contributed by atoms with van der Waals surface area (Å²) in [4.78, 5) is 21.0. The van der Waals surface area contributed by atoms with Crippen molar-refractivity contribution in [1.29, 1.82) is 0 Å². The second kappa shape index (κ2) is 10.1. The summed E-state index contributed by atoms with van der Waals surface area (Å²) in [6, 6.07) is 8.53. The summed E-state index contributed by atoms with van der Waals surface area (Å²) in [5.41, 5.74) is 2.73. The van der Waals surface area contributed by atoms with Gasteiger partial charge in [-0.25, -0.2) is 4.99 Å². The lowest BCUT2D eigenvalue weighted by atomic mass is 9.87. The van der Waals surface area contributed by atoms with Crippen molar-refractivity contribution in [1.82, 2.24) is 15.1 Å². The van der Waals surface area contributed by atoms with E-state index in [4.69, 9.17) is 9.73 Å². The van der Waals surface area contributed by atoms with Crippen molar-refractivity contribution in [3.05, 3.63) is 35.4 Å². The van der Waals surface area contributed by atoms with E-state index in [0.29, 0.717) is 18.4 Å². The lowest BCUT2D eigenvalue weighted by Gasteiger charge is -2.25. The molecule has 1 aromatic carbocycles. The number of amides is 1. The topological polar surface area (TPSA) is 57.2 Å². The van der Waals surface area contributed by atoms with Gasteiger partial charge < -0.3 is 19.9 Å². The van der Waals surface area contributed by atoms with Crippen LogP contribution in [0.25, 0.3) is 0 Å². The number of benzene rings is 1. The Morgan fingerprint density at radius 1 is 1.21 bits per heavy atom. The summed E-state index contributed by atoms with van der Waals surface area (Å²) >= 11 is 0. The summed E-state index contributed by atoms with van der Waals surface area (Å²) in [6.45, 7) is 9.17. The van der Waals surface area contributed by atoms with Crippen LogP contribution in [0, 0.1) is 5.41 Å². The Morgan fingerprint density at radius 2 is 2.00 bits per heavy atom. The molecule has 160 valence electrons. The molecule has 0 saturated carbocycles. The van der Waals surface area contributed by atoms with Crippen molar-refractivity contribution < 1.29 is 9.53 Å². The molecule has 1 aromatic rings. The summed E-state index contributed by atoms with van der Waals surface area (Å²) in [5, 5.41) is 3.46. The highest BCUT2D eigenvalue weighted by atomic mass is 127. The van der Waals surface area contributed by atoms with Gasteiger partial charge in [-0.15, -0.1) is 24.0 Å². The zero-order valence-corrected chi connectivity index (χ0v) is 19.7. The van der Waals surface area contributed by atoms with E-state index in [-0.39, 0.29) is 29.9 Å². The Morgan fingerprint density at radius 3 is 2.66 bits per heavy atom. The number of aliphatic imine (C=N–C) groups is 1. The number of ether oxygens (including phenoxy) is 1. The van der Waals surface area contributed by atoms with Crippen molar-refractivity contribution in [3.63, 3.8) is 0 Å². The lowest BCUT2D eigenvalue weighted by Crippen LogP contribution is -2.41. The first-order valence-electron chi connectivity index (χ1n) is 10.6. The molecule has 3 aliphatic heterocycles. The standard InChI is InChI=1S/C22H32N4O2.HI/c1-2-23-21(26-12-9-22(16-26)10-13-28-17-22)24-14-18-5-7-19(8-6-18)15-25-11-3-4-20(25)27;/h5-8H,2-4,9-17H2,1H3,(H,23,24);1H. The molecule has 29 heavy (non-hydrogen) atoms. The number of rotatable bonds is 5. The molecule has 0 bridgehead atoms. The minimum atomic E-state index is 0. The van der Waals surface area contributed by atoms with E-state index >= 15 is 0 Å². The highest BCUT2D eigenvalue weighted by Gasteiger charge is 2.42. The highest BCUT2D eigenvalue weighted by Crippen LogP contribution is 2.38. The third-order valence-corrected chi connectivity index (χ3v) is 6.24. The molecule has 0 aromatic heterocycles. The maximum atomic E-state index is 11.8. The van der Waals surface area contributed by atoms with Gasteiger partial charge in [-0.3, -0.25) is 4.79 Å². The fraction of sp³-hybridized carbons (Fsp3) is 0.636. The second-order valence-electron chi connectivity index (χ2n) is 8.38. The number of hydrogen-bond acceptors (Lipinski definition) is 3. The molecule has 0 radical (unpaired) electrons. The average molecular weight is 512 g/mol. The smallest absolute Gasteiger partial charge is 0.222 e. The normalized spacial score (nSPS) is 24.4. The van der Waals surface area contributed by atoms with Crippen LogP contribution >= 0.6 is 24.0 Å². The molecule has 1 spiro atoms. The Kier molecular flexibility index (Phi) is 7.79. The number of carbonyl (C=O) groups excluding carboxylic acids is 1. The van der Waals surface area contributed by atoms with Gasteiger partial charge in [-0.1, -0.05) is 24.3 Å².